The molecular formula is C14H15NO4. The average Bonchev–Trinajstić information content (AvgIpc) is 2.43. The van der Waals surface area contributed by atoms with Gasteiger partial charge in [-0.25, -0.2) is 4.79 Å². The second kappa shape index (κ2) is 6.15. The summed E-state index contributed by atoms with van der Waals surface area (Å²) in [5, 5.41) is 9.89. The number of rotatable bonds is 6. The van der Waals surface area contributed by atoms with Crippen molar-refractivity contribution in [2.24, 2.45) is 0 Å². The topological polar surface area (TPSA) is 68.7 Å². The molecule has 19 heavy (non-hydrogen) atoms. The van der Waals surface area contributed by atoms with E-state index in [0.717, 1.165) is 0 Å². The molecule has 0 spiro atoms. The predicted octanol–water partition coefficient (Wildman–Crippen LogP) is 2.35. The van der Waals surface area contributed by atoms with Crippen molar-refractivity contribution in [2.45, 2.75) is 6.42 Å². The molecule has 2 aromatic rings. The molecule has 0 aliphatic heterocycles. The SMILES string of the molecule is COCCCOc1c(C(=O)O)cnc2ccccc12. The largest absolute Gasteiger partial charge is 0.492 e. The molecule has 5 heteroatoms. The Morgan fingerprint density at radius 3 is 2.84 bits per heavy atom. The number of nitrogens with zero attached hydrogens (tertiary/aromatic N) is 1. The minimum atomic E-state index is -1.04. The van der Waals surface area contributed by atoms with Gasteiger partial charge in [0, 0.05) is 31.7 Å². The molecule has 0 unspecified atom stereocenters. The number of benzene rings is 1. The molecule has 1 N–H and O–H groups in total. The van der Waals surface area contributed by atoms with Gasteiger partial charge in [0.1, 0.15) is 11.3 Å². The number of carboxylic acids is 1. The van der Waals surface area contributed by atoms with Crippen molar-refractivity contribution in [1.82, 2.24) is 4.98 Å². The van der Waals surface area contributed by atoms with Crippen LogP contribution in [0.1, 0.15) is 16.8 Å². The fourth-order valence-corrected chi connectivity index (χ4v) is 1.80. The Labute approximate surface area is 110 Å². The van der Waals surface area contributed by atoms with Crippen LogP contribution >= 0.6 is 0 Å². The molecule has 0 saturated heterocycles. The molecule has 5 nitrogen and oxygen atoms in total. The van der Waals surface area contributed by atoms with Crippen molar-refractivity contribution in [3.63, 3.8) is 0 Å². The van der Waals surface area contributed by atoms with Crippen molar-refractivity contribution >= 4 is 16.9 Å². The number of para-hydroxylation sites is 1. The second-order valence-electron chi connectivity index (χ2n) is 4.02. The Morgan fingerprint density at radius 2 is 2.11 bits per heavy atom. The van der Waals surface area contributed by atoms with E-state index in [4.69, 9.17) is 9.47 Å². The summed E-state index contributed by atoms with van der Waals surface area (Å²) in [6.07, 6.45) is 2.03. The molecule has 1 aromatic heterocycles. The number of carbonyl (C=O) groups is 1. The number of ether oxygens (including phenoxy) is 2. The fourth-order valence-electron chi connectivity index (χ4n) is 1.80. The van der Waals surface area contributed by atoms with Gasteiger partial charge in [-0.3, -0.25) is 4.98 Å². The summed E-state index contributed by atoms with van der Waals surface area (Å²) in [4.78, 5) is 15.3. The van der Waals surface area contributed by atoms with Gasteiger partial charge in [-0.05, 0) is 12.1 Å². The zero-order chi connectivity index (χ0) is 13.7. The first kappa shape index (κ1) is 13.3. The Bertz CT molecular complexity index is 583. The van der Waals surface area contributed by atoms with Crippen LogP contribution in [0.15, 0.2) is 30.5 Å². The molecule has 2 rings (SSSR count). The van der Waals surface area contributed by atoms with E-state index in [1.807, 2.05) is 18.2 Å². The highest BCUT2D eigenvalue weighted by atomic mass is 16.5. The standard InChI is InChI=1S/C14H15NO4/c1-18-7-4-8-19-13-10-5-2-3-6-12(10)15-9-11(13)14(16)17/h2-3,5-6,9H,4,7-8H2,1H3,(H,16,17). The average molecular weight is 261 g/mol. The highest BCUT2D eigenvalue weighted by molar-refractivity contribution is 5.98. The zero-order valence-electron chi connectivity index (χ0n) is 10.6. The number of hydrogen-bond acceptors (Lipinski definition) is 4. The van der Waals surface area contributed by atoms with Crippen LogP contribution in [0.5, 0.6) is 5.75 Å². The first-order chi connectivity index (χ1) is 9.24. The molecule has 1 aromatic carbocycles. The number of aromatic carboxylic acids is 1. The number of aromatic nitrogens is 1. The number of hydrogen-bond donors (Lipinski definition) is 1. The maximum Gasteiger partial charge on any atom is 0.341 e. The molecule has 0 aliphatic rings. The molecule has 0 atom stereocenters. The second-order valence-corrected chi connectivity index (χ2v) is 4.02. The van der Waals surface area contributed by atoms with E-state index >= 15 is 0 Å². The Morgan fingerprint density at radius 1 is 1.32 bits per heavy atom. The van der Waals surface area contributed by atoms with E-state index in [1.165, 1.54) is 6.20 Å². The molecule has 0 saturated carbocycles. The lowest BCUT2D eigenvalue weighted by molar-refractivity contribution is 0.0691. The van der Waals surface area contributed by atoms with Crippen LogP contribution in [0.3, 0.4) is 0 Å². The molecule has 0 amide bonds. The van der Waals surface area contributed by atoms with Gasteiger partial charge in [0.2, 0.25) is 0 Å². The summed E-state index contributed by atoms with van der Waals surface area (Å²) in [5.41, 5.74) is 0.797. The third-order valence-electron chi connectivity index (χ3n) is 2.70. The molecule has 0 bridgehead atoms. The van der Waals surface area contributed by atoms with Gasteiger partial charge in [0.15, 0.2) is 0 Å². The number of fused-ring (bicyclic) bond motifs is 1. The van der Waals surface area contributed by atoms with E-state index in [0.29, 0.717) is 36.3 Å². The summed E-state index contributed by atoms with van der Waals surface area (Å²) in [6, 6.07) is 7.31. The summed E-state index contributed by atoms with van der Waals surface area (Å²) in [7, 11) is 1.62. The van der Waals surface area contributed by atoms with E-state index in [-0.39, 0.29) is 5.56 Å². The lowest BCUT2D eigenvalue weighted by Gasteiger charge is -2.11. The van der Waals surface area contributed by atoms with Crippen molar-refractivity contribution in [2.75, 3.05) is 20.3 Å². The smallest absolute Gasteiger partial charge is 0.341 e. The minimum absolute atomic E-state index is 0.0797. The van der Waals surface area contributed by atoms with Gasteiger partial charge in [-0.1, -0.05) is 12.1 Å². The third-order valence-corrected chi connectivity index (χ3v) is 2.70. The van der Waals surface area contributed by atoms with Crippen LogP contribution in [0.25, 0.3) is 10.9 Å². The van der Waals surface area contributed by atoms with Crippen LogP contribution in [-0.4, -0.2) is 36.4 Å². The van der Waals surface area contributed by atoms with Crippen molar-refractivity contribution in [3.8, 4) is 5.75 Å². The molecule has 0 aliphatic carbocycles. The highest BCUT2D eigenvalue weighted by Crippen LogP contribution is 2.28. The number of carboxylic acid groups (broad SMARTS) is 1. The van der Waals surface area contributed by atoms with E-state index in [2.05, 4.69) is 4.98 Å². The van der Waals surface area contributed by atoms with Gasteiger partial charge < -0.3 is 14.6 Å². The maximum absolute atomic E-state index is 11.2. The molecular weight excluding hydrogens is 246 g/mol. The maximum atomic E-state index is 11.2. The monoisotopic (exact) mass is 261 g/mol. The molecule has 100 valence electrons. The Kier molecular flexibility index (Phi) is 4.30. The van der Waals surface area contributed by atoms with Gasteiger partial charge >= 0.3 is 5.97 Å². The summed E-state index contributed by atoms with van der Waals surface area (Å²) in [6.45, 7) is 0.980. The molecule has 1 heterocycles. The Balaban J connectivity index is 2.35. The first-order valence-electron chi connectivity index (χ1n) is 5.97. The number of pyridine rings is 1. The fraction of sp³-hybridized carbons (Fsp3) is 0.286. The van der Waals surface area contributed by atoms with Crippen LogP contribution in [0.4, 0.5) is 0 Å². The van der Waals surface area contributed by atoms with Gasteiger partial charge in [0.05, 0.1) is 12.1 Å². The predicted molar refractivity (Wildman–Crippen MR) is 70.7 cm³/mol. The van der Waals surface area contributed by atoms with Crippen LogP contribution in [0, 0.1) is 0 Å². The minimum Gasteiger partial charge on any atom is -0.492 e. The molecule has 0 fully saturated rings. The highest BCUT2D eigenvalue weighted by Gasteiger charge is 2.15. The normalized spacial score (nSPS) is 10.6. The Hall–Kier alpha value is -2.14. The van der Waals surface area contributed by atoms with Crippen LogP contribution in [0.2, 0.25) is 0 Å². The van der Waals surface area contributed by atoms with Crippen LogP contribution < -0.4 is 4.74 Å². The van der Waals surface area contributed by atoms with Crippen molar-refractivity contribution in [3.05, 3.63) is 36.0 Å². The van der Waals surface area contributed by atoms with Gasteiger partial charge in [0.25, 0.3) is 0 Å². The third kappa shape index (κ3) is 3.00. The van der Waals surface area contributed by atoms with Crippen molar-refractivity contribution in [1.29, 1.82) is 0 Å². The van der Waals surface area contributed by atoms with E-state index in [1.54, 1.807) is 13.2 Å². The quantitative estimate of drug-likeness (QED) is 0.808. The lowest BCUT2D eigenvalue weighted by atomic mass is 10.1. The van der Waals surface area contributed by atoms with Crippen LogP contribution in [-0.2, 0) is 4.74 Å². The van der Waals surface area contributed by atoms with Crippen molar-refractivity contribution < 1.29 is 19.4 Å². The number of methoxy groups -OCH3 is 1. The van der Waals surface area contributed by atoms with Gasteiger partial charge in [-0.15, -0.1) is 0 Å². The lowest BCUT2D eigenvalue weighted by Crippen LogP contribution is -2.07. The first-order valence-corrected chi connectivity index (χ1v) is 5.97. The van der Waals surface area contributed by atoms with E-state index < -0.39 is 5.97 Å². The molecule has 0 radical (unpaired) electrons. The summed E-state index contributed by atoms with van der Waals surface area (Å²) >= 11 is 0. The summed E-state index contributed by atoms with van der Waals surface area (Å²) < 4.78 is 10.5. The van der Waals surface area contributed by atoms with Gasteiger partial charge in [-0.2, -0.15) is 0 Å². The zero-order valence-corrected chi connectivity index (χ0v) is 10.6. The van der Waals surface area contributed by atoms with E-state index in [9.17, 15) is 9.90 Å². The summed E-state index contributed by atoms with van der Waals surface area (Å²) in [5.74, 6) is -0.672.